The molecule has 1 aliphatic rings. The van der Waals surface area contributed by atoms with Gasteiger partial charge >= 0.3 is 0 Å². The van der Waals surface area contributed by atoms with Gasteiger partial charge in [-0.15, -0.1) is 0 Å². The summed E-state index contributed by atoms with van der Waals surface area (Å²) in [4.78, 5) is 13.4. The Kier molecular flexibility index (Phi) is 3.68. The number of halogens is 2. The van der Waals surface area contributed by atoms with E-state index in [0.29, 0.717) is 0 Å². The minimum absolute atomic E-state index is 0.0830. The first-order valence-corrected chi connectivity index (χ1v) is 6.05. The molecule has 0 bridgehead atoms. The van der Waals surface area contributed by atoms with Gasteiger partial charge in [-0.3, -0.25) is 4.79 Å². The number of amides is 1. The number of carbonyl (C=O) groups excluding carboxylic acids is 1. The van der Waals surface area contributed by atoms with E-state index in [0.717, 1.165) is 0 Å². The molecule has 2 unspecified atom stereocenters. The molecule has 1 aromatic rings. The van der Waals surface area contributed by atoms with Crippen LogP contribution in [0.3, 0.4) is 0 Å². The second-order valence-corrected chi connectivity index (χ2v) is 5.01. The van der Waals surface area contributed by atoms with E-state index in [4.69, 9.17) is 28.9 Å². The van der Waals surface area contributed by atoms with Crippen LogP contribution >= 0.6 is 23.2 Å². The van der Waals surface area contributed by atoms with Crippen LogP contribution in [0.5, 0.6) is 0 Å². The molecule has 0 saturated carbocycles. The van der Waals surface area contributed by atoms with Crippen LogP contribution in [0.25, 0.3) is 0 Å². The summed E-state index contributed by atoms with van der Waals surface area (Å²) < 4.78 is 0. The molecule has 1 aromatic carbocycles. The number of hydrogen-bond acceptors (Lipinski definition) is 4. The van der Waals surface area contributed by atoms with Crippen LogP contribution in [0.1, 0.15) is 10.4 Å². The van der Waals surface area contributed by atoms with Crippen molar-refractivity contribution >= 4 is 34.8 Å². The molecule has 0 spiro atoms. The largest absolute Gasteiger partial charge is 0.396 e. The average molecular weight is 291 g/mol. The molecule has 0 aromatic heterocycles. The van der Waals surface area contributed by atoms with Gasteiger partial charge in [0.25, 0.3) is 5.91 Å². The van der Waals surface area contributed by atoms with Gasteiger partial charge in [0.1, 0.15) is 0 Å². The SMILES string of the molecule is Nc1c(Cl)cc(C(=O)N2CC(O)C(O)C2)cc1Cl. The summed E-state index contributed by atoms with van der Waals surface area (Å²) in [6.45, 7) is 0.166. The summed E-state index contributed by atoms with van der Waals surface area (Å²) in [5.74, 6) is -0.352. The predicted molar refractivity (Wildman–Crippen MR) is 68.8 cm³/mol. The molecular formula is C11H12Cl2N2O3. The smallest absolute Gasteiger partial charge is 0.254 e. The number of carbonyl (C=O) groups is 1. The fourth-order valence-corrected chi connectivity index (χ4v) is 2.31. The van der Waals surface area contributed by atoms with E-state index in [1.165, 1.54) is 17.0 Å². The zero-order valence-corrected chi connectivity index (χ0v) is 10.8. The fraction of sp³-hybridized carbons (Fsp3) is 0.364. The number of aliphatic hydroxyl groups excluding tert-OH is 2. The Hall–Kier alpha value is -1.01. The highest BCUT2D eigenvalue weighted by atomic mass is 35.5. The van der Waals surface area contributed by atoms with Crippen molar-refractivity contribution in [1.29, 1.82) is 0 Å². The molecule has 2 rings (SSSR count). The molecule has 1 heterocycles. The molecule has 2 atom stereocenters. The molecule has 1 fully saturated rings. The highest BCUT2D eigenvalue weighted by molar-refractivity contribution is 6.39. The van der Waals surface area contributed by atoms with Gasteiger partial charge in [-0.25, -0.2) is 0 Å². The first-order valence-electron chi connectivity index (χ1n) is 5.30. The molecule has 4 N–H and O–H groups in total. The van der Waals surface area contributed by atoms with Crippen molar-refractivity contribution in [2.24, 2.45) is 0 Å². The lowest BCUT2D eigenvalue weighted by atomic mass is 10.2. The van der Waals surface area contributed by atoms with Gasteiger partial charge in [-0.2, -0.15) is 0 Å². The Morgan fingerprint density at radius 3 is 2.11 bits per heavy atom. The van der Waals surface area contributed by atoms with E-state index < -0.39 is 12.2 Å². The summed E-state index contributed by atoms with van der Waals surface area (Å²) >= 11 is 11.7. The standard InChI is InChI=1S/C11H12Cl2N2O3/c12-6-1-5(2-7(13)10(6)14)11(18)15-3-8(16)9(17)4-15/h1-2,8-9,16-17H,3-4,14H2. The number of anilines is 1. The molecule has 5 nitrogen and oxygen atoms in total. The Morgan fingerprint density at radius 2 is 1.67 bits per heavy atom. The van der Waals surface area contributed by atoms with Crippen LogP contribution in [0.2, 0.25) is 10.0 Å². The molecule has 1 aliphatic heterocycles. The van der Waals surface area contributed by atoms with Gasteiger partial charge in [0.05, 0.1) is 27.9 Å². The van der Waals surface area contributed by atoms with E-state index in [-0.39, 0.29) is 40.3 Å². The maximum Gasteiger partial charge on any atom is 0.254 e. The van der Waals surface area contributed by atoms with Crippen molar-refractivity contribution < 1.29 is 15.0 Å². The van der Waals surface area contributed by atoms with Crippen molar-refractivity contribution in [2.45, 2.75) is 12.2 Å². The number of aliphatic hydroxyl groups is 2. The summed E-state index contributed by atoms with van der Waals surface area (Å²) in [5, 5.41) is 19.2. The lowest BCUT2D eigenvalue weighted by Crippen LogP contribution is -2.29. The Balaban J connectivity index is 2.25. The van der Waals surface area contributed by atoms with Crippen LogP contribution in [-0.4, -0.2) is 46.3 Å². The van der Waals surface area contributed by atoms with Gasteiger partial charge in [0, 0.05) is 18.7 Å². The topological polar surface area (TPSA) is 86.8 Å². The van der Waals surface area contributed by atoms with Crippen molar-refractivity contribution in [3.63, 3.8) is 0 Å². The molecular weight excluding hydrogens is 279 g/mol. The van der Waals surface area contributed by atoms with Crippen LogP contribution in [0, 0.1) is 0 Å². The van der Waals surface area contributed by atoms with Gasteiger partial charge < -0.3 is 20.8 Å². The highest BCUT2D eigenvalue weighted by Gasteiger charge is 2.33. The lowest BCUT2D eigenvalue weighted by molar-refractivity contribution is 0.0572. The van der Waals surface area contributed by atoms with E-state index in [1.807, 2.05) is 0 Å². The maximum atomic E-state index is 12.1. The van der Waals surface area contributed by atoms with E-state index >= 15 is 0 Å². The third-order valence-electron chi connectivity index (χ3n) is 2.87. The van der Waals surface area contributed by atoms with Crippen LogP contribution in [0.4, 0.5) is 5.69 Å². The second-order valence-electron chi connectivity index (χ2n) is 4.20. The van der Waals surface area contributed by atoms with Gasteiger partial charge in [0.2, 0.25) is 0 Å². The molecule has 0 radical (unpaired) electrons. The molecule has 7 heteroatoms. The van der Waals surface area contributed by atoms with E-state index in [9.17, 15) is 15.0 Å². The molecule has 1 amide bonds. The predicted octanol–water partition coefficient (Wildman–Crippen LogP) is 0.753. The van der Waals surface area contributed by atoms with Gasteiger partial charge in [-0.05, 0) is 12.1 Å². The minimum atomic E-state index is -0.923. The Bertz CT molecular complexity index is 462. The first-order chi connectivity index (χ1) is 8.40. The summed E-state index contributed by atoms with van der Waals surface area (Å²) in [5.41, 5.74) is 6.08. The zero-order valence-electron chi connectivity index (χ0n) is 9.31. The zero-order chi connectivity index (χ0) is 13.4. The van der Waals surface area contributed by atoms with Crippen molar-refractivity contribution in [2.75, 3.05) is 18.8 Å². The molecule has 1 saturated heterocycles. The normalized spacial score (nSPS) is 23.4. The van der Waals surface area contributed by atoms with Crippen molar-refractivity contribution in [3.05, 3.63) is 27.7 Å². The average Bonchev–Trinajstić information content (AvgIpc) is 2.65. The Labute approximate surface area is 114 Å². The Morgan fingerprint density at radius 1 is 1.22 bits per heavy atom. The lowest BCUT2D eigenvalue weighted by Gasteiger charge is -2.16. The number of β-amino-alcohol motifs (C(OH)–C–C–N with tert-alkyl or cyclic N) is 2. The number of rotatable bonds is 1. The number of nitrogen functional groups attached to an aromatic ring is 1. The third-order valence-corrected chi connectivity index (χ3v) is 3.50. The number of hydrogen-bond donors (Lipinski definition) is 3. The monoisotopic (exact) mass is 290 g/mol. The van der Waals surface area contributed by atoms with Crippen LogP contribution in [0.15, 0.2) is 12.1 Å². The minimum Gasteiger partial charge on any atom is -0.396 e. The number of nitrogens with two attached hydrogens (primary N) is 1. The number of benzene rings is 1. The summed E-state index contributed by atoms with van der Waals surface area (Å²) in [6.07, 6.45) is -1.85. The summed E-state index contributed by atoms with van der Waals surface area (Å²) in [7, 11) is 0. The third kappa shape index (κ3) is 2.40. The van der Waals surface area contributed by atoms with Crippen molar-refractivity contribution in [3.8, 4) is 0 Å². The van der Waals surface area contributed by atoms with E-state index in [1.54, 1.807) is 0 Å². The maximum absolute atomic E-state index is 12.1. The summed E-state index contributed by atoms with van der Waals surface area (Å²) in [6, 6.07) is 2.84. The fourth-order valence-electron chi connectivity index (χ4n) is 1.83. The quantitative estimate of drug-likeness (QED) is 0.666. The van der Waals surface area contributed by atoms with Gasteiger partial charge in [-0.1, -0.05) is 23.2 Å². The number of likely N-dealkylation sites (tertiary alicyclic amines) is 1. The molecule has 18 heavy (non-hydrogen) atoms. The van der Waals surface area contributed by atoms with Crippen LogP contribution in [-0.2, 0) is 0 Å². The van der Waals surface area contributed by atoms with Crippen molar-refractivity contribution in [1.82, 2.24) is 4.90 Å². The van der Waals surface area contributed by atoms with Crippen LogP contribution < -0.4 is 5.73 Å². The van der Waals surface area contributed by atoms with Gasteiger partial charge in [0.15, 0.2) is 0 Å². The molecule has 0 aliphatic carbocycles. The number of nitrogens with zero attached hydrogens (tertiary/aromatic N) is 1. The first kappa shape index (κ1) is 13.4. The van der Waals surface area contributed by atoms with E-state index in [2.05, 4.69) is 0 Å². The highest BCUT2D eigenvalue weighted by Crippen LogP contribution is 2.29. The molecule has 98 valence electrons. The second kappa shape index (κ2) is 4.93.